The topological polar surface area (TPSA) is 52.6 Å². The number of nitrogens with zero attached hydrogens (tertiary/aromatic N) is 1. The molecule has 1 saturated carbocycles. The van der Waals surface area contributed by atoms with Crippen LogP contribution in [-0.2, 0) is 0 Å². The number of carbonyl (C=O) groups is 1. The maximum atomic E-state index is 12.1. The molecule has 0 aromatic carbocycles. The summed E-state index contributed by atoms with van der Waals surface area (Å²) in [5, 5.41) is 13.0. The summed E-state index contributed by atoms with van der Waals surface area (Å²) in [5.74, 6) is 1.03. The fraction of sp³-hybridized carbons (Fsp3) is 0.929. The molecule has 18 heavy (non-hydrogen) atoms. The molecule has 2 rings (SSSR count). The minimum absolute atomic E-state index is 0.0139. The van der Waals surface area contributed by atoms with E-state index in [1.165, 1.54) is 12.8 Å². The number of hydrogen-bond donors (Lipinski definition) is 2. The van der Waals surface area contributed by atoms with Crippen molar-refractivity contribution in [3.8, 4) is 0 Å². The molecule has 2 amide bonds. The molecule has 0 radical (unpaired) electrons. The number of amides is 2. The number of piperidine rings is 1. The highest BCUT2D eigenvalue weighted by atomic mass is 16.3. The van der Waals surface area contributed by atoms with Crippen molar-refractivity contribution in [2.24, 2.45) is 11.8 Å². The molecule has 0 bridgehead atoms. The van der Waals surface area contributed by atoms with E-state index < -0.39 is 0 Å². The Balaban J connectivity index is 1.80. The third kappa shape index (κ3) is 3.37. The van der Waals surface area contributed by atoms with E-state index in [2.05, 4.69) is 12.2 Å². The first-order valence-electron chi connectivity index (χ1n) is 7.29. The first kappa shape index (κ1) is 13.7. The van der Waals surface area contributed by atoms with Crippen LogP contribution in [0.25, 0.3) is 0 Å². The number of nitrogens with one attached hydrogen (secondary N) is 1. The first-order chi connectivity index (χ1) is 8.56. The predicted octanol–water partition coefficient (Wildman–Crippen LogP) is 1.98. The number of aliphatic hydroxyl groups is 1. The standard InChI is InChI=1S/C14H26N2O2/c1-10-4-3-5-12(8-10)15-14(18)16-7-6-11(2)13(17)9-16/h10-13,17H,3-9H2,1-2H3,(H,15,18). The van der Waals surface area contributed by atoms with E-state index in [9.17, 15) is 9.90 Å². The van der Waals surface area contributed by atoms with Gasteiger partial charge in [0.2, 0.25) is 0 Å². The van der Waals surface area contributed by atoms with E-state index in [1.807, 2.05) is 6.92 Å². The molecule has 1 heterocycles. The van der Waals surface area contributed by atoms with Crippen LogP contribution in [-0.4, -0.2) is 41.3 Å². The van der Waals surface area contributed by atoms with E-state index >= 15 is 0 Å². The quantitative estimate of drug-likeness (QED) is 0.752. The highest BCUT2D eigenvalue weighted by molar-refractivity contribution is 5.74. The number of rotatable bonds is 1. The van der Waals surface area contributed by atoms with Crippen LogP contribution in [0.1, 0.15) is 46.0 Å². The largest absolute Gasteiger partial charge is 0.391 e. The molecule has 104 valence electrons. The van der Waals surface area contributed by atoms with Crippen LogP contribution in [0.15, 0.2) is 0 Å². The first-order valence-corrected chi connectivity index (χ1v) is 7.29. The highest BCUT2D eigenvalue weighted by Gasteiger charge is 2.29. The fourth-order valence-corrected chi connectivity index (χ4v) is 3.06. The van der Waals surface area contributed by atoms with Crippen molar-refractivity contribution in [3.63, 3.8) is 0 Å². The van der Waals surface area contributed by atoms with Gasteiger partial charge < -0.3 is 15.3 Å². The lowest BCUT2D eigenvalue weighted by atomic mass is 9.87. The molecule has 1 saturated heterocycles. The Morgan fingerprint density at radius 3 is 2.72 bits per heavy atom. The summed E-state index contributed by atoms with van der Waals surface area (Å²) < 4.78 is 0. The van der Waals surface area contributed by atoms with Gasteiger partial charge in [0.05, 0.1) is 6.10 Å². The van der Waals surface area contributed by atoms with Gasteiger partial charge in [0, 0.05) is 19.1 Å². The zero-order valence-electron chi connectivity index (χ0n) is 11.6. The van der Waals surface area contributed by atoms with E-state index in [0.29, 0.717) is 18.5 Å². The second kappa shape index (κ2) is 5.91. The predicted molar refractivity (Wildman–Crippen MR) is 71.3 cm³/mol. The van der Waals surface area contributed by atoms with E-state index in [4.69, 9.17) is 0 Å². The lowest BCUT2D eigenvalue weighted by Crippen LogP contribution is -2.52. The average molecular weight is 254 g/mol. The van der Waals surface area contributed by atoms with Gasteiger partial charge in [0.15, 0.2) is 0 Å². The van der Waals surface area contributed by atoms with E-state index in [-0.39, 0.29) is 12.1 Å². The Hall–Kier alpha value is -0.770. The van der Waals surface area contributed by atoms with Gasteiger partial charge in [0.1, 0.15) is 0 Å². The van der Waals surface area contributed by atoms with Crippen molar-refractivity contribution in [2.75, 3.05) is 13.1 Å². The van der Waals surface area contributed by atoms with E-state index in [0.717, 1.165) is 31.7 Å². The summed E-state index contributed by atoms with van der Waals surface area (Å²) >= 11 is 0. The molecule has 2 aliphatic rings. The molecule has 4 heteroatoms. The molecule has 0 aromatic rings. The normalized spacial score (nSPS) is 37.4. The number of aliphatic hydroxyl groups excluding tert-OH is 1. The summed E-state index contributed by atoms with van der Waals surface area (Å²) in [6.45, 7) is 5.55. The van der Waals surface area contributed by atoms with Gasteiger partial charge in [-0.05, 0) is 31.1 Å². The van der Waals surface area contributed by atoms with Crippen LogP contribution in [0.4, 0.5) is 4.79 Å². The van der Waals surface area contributed by atoms with Crippen molar-refractivity contribution < 1.29 is 9.90 Å². The van der Waals surface area contributed by atoms with Crippen LogP contribution in [0, 0.1) is 11.8 Å². The molecule has 2 fully saturated rings. The molecule has 0 aromatic heterocycles. The van der Waals surface area contributed by atoms with Crippen LogP contribution in [0.3, 0.4) is 0 Å². The second-order valence-corrected chi connectivity index (χ2v) is 6.20. The summed E-state index contributed by atoms with van der Waals surface area (Å²) in [7, 11) is 0. The summed E-state index contributed by atoms with van der Waals surface area (Å²) in [4.78, 5) is 13.9. The Bertz CT molecular complexity index is 296. The lowest BCUT2D eigenvalue weighted by molar-refractivity contribution is 0.0425. The van der Waals surface area contributed by atoms with Crippen LogP contribution in [0.5, 0.6) is 0 Å². The van der Waals surface area contributed by atoms with Crippen molar-refractivity contribution in [1.82, 2.24) is 10.2 Å². The molecule has 4 atom stereocenters. The third-order valence-corrected chi connectivity index (χ3v) is 4.47. The smallest absolute Gasteiger partial charge is 0.317 e. The van der Waals surface area contributed by atoms with Gasteiger partial charge >= 0.3 is 6.03 Å². The van der Waals surface area contributed by atoms with Crippen LogP contribution >= 0.6 is 0 Å². The van der Waals surface area contributed by atoms with Crippen molar-refractivity contribution in [3.05, 3.63) is 0 Å². The van der Waals surface area contributed by atoms with Gasteiger partial charge in [-0.15, -0.1) is 0 Å². The molecule has 4 unspecified atom stereocenters. The number of urea groups is 1. The Morgan fingerprint density at radius 2 is 2.06 bits per heavy atom. The molecule has 0 spiro atoms. The van der Waals surface area contributed by atoms with Gasteiger partial charge in [0.25, 0.3) is 0 Å². The number of carbonyl (C=O) groups excluding carboxylic acids is 1. The Kier molecular flexibility index (Phi) is 4.49. The summed E-state index contributed by atoms with van der Waals surface area (Å²) in [6, 6.07) is 0.345. The Labute approximate surface area is 110 Å². The second-order valence-electron chi connectivity index (χ2n) is 6.20. The monoisotopic (exact) mass is 254 g/mol. The van der Waals surface area contributed by atoms with Crippen LogP contribution in [0.2, 0.25) is 0 Å². The van der Waals surface area contributed by atoms with E-state index in [1.54, 1.807) is 4.90 Å². The molecule has 1 aliphatic heterocycles. The van der Waals surface area contributed by atoms with Gasteiger partial charge in [-0.3, -0.25) is 0 Å². The number of β-amino-alcohol motifs (C(OH)–C–C–N with tert-alkyl or cyclic N) is 1. The van der Waals surface area contributed by atoms with Gasteiger partial charge in [-0.1, -0.05) is 26.7 Å². The molecule has 2 N–H and O–H groups in total. The molecular formula is C14H26N2O2. The molecule has 4 nitrogen and oxygen atoms in total. The lowest BCUT2D eigenvalue weighted by Gasteiger charge is -2.36. The zero-order chi connectivity index (χ0) is 13.1. The molecular weight excluding hydrogens is 228 g/mol. The van der Waals surface area contributed by atoms with Gasteiger partial charge in [-0.2, -0.15) is 0 Å². The SMILES string of the molecule is CC1CCCC(NC(=O)N2CCC(C)C(O)C2)C1. The minimum Gasteiger partial charge on any atom is -0.391 e. The average Bonchev–Trinajstić information content (AvgIpc) is 2.32. The Morgan fingerprint density at radius 1 is 1.28 bits per heavy atom. The van der Waals surface area contributed by atoms with Crippen molar-refractivity contribution >= 4 is 6.03 Å². The third-order valence-electron chi connectivity index (χ3n) is 4.47. The number of hydrogen-bond acceptors (Lipinski definition) is 2. The van der Waals surface area contributed by atoms with Crippen LogP contribution < -0.4 is 5.32 Å². The van der Waals surface area contributed by atoms with Crippen molar-refractivity contribution in [1.29, 1.82) is 0 Å². The number of likely N-dealkylation sites (tertiary alicyclic amines) is 1. The highest BCUT2D eigenvalue weighted by Crippen LogP contribution is 2.24. The molecule has 1 aliphatic carbocycles. The minimum atomic E-state index is -0.366. The zero-order valence-corrected chi connectivity index (χ0v) is 11.6. The summed E-state index contributed by atoms with van der Waals surface area (Å²) in [6.07, 6.45) is 5.23. The maximum Gasteiger partial charge on any atom is 0.317 e. The van der Waals surface area contributed by atoms with Crippen molar-refractivity contribution in [2.45, 2.75) is 58.1 Å². The summed E-state index contributed by atoms with van der Waals surface area (Å²) in [5.41, 5.74) is 0. The fourth-order valence-electron chi connectivity index (χ4n) is 3.06. The van der Waals surface area contributed by atoms with Gasteiger partial charge in [-0.25, -0.2) is 4.79 Å². The maximum absolute atomic E-state index is 12.1.